The first-order valence-electron chi connectivity index (χ1n) is 9.01. The molecule has 2 aromatic carbocycles. The van der Waals surface area contributed by atoms with Crippen molar-refractivity contribution in [3.63, 3.8) is 0 Å². The molecule has 0 spiro atoms. The lowest BCUT2D eigenvalue weighted by Crippen LogP contribution is -2.21. The highest BCUT2D eigenvalue weighted by atomic mass is 16.1. The quantitative estimate of drug-likeness (QED) is 0.304. The van der Waals surface area contributed by atoms with Crippen LogP contribution in [0.1, 0.15) is 32.0 Å². The van der Waals surface area contributed by atoms with Gasteiger partial charge in [0.25, 0.3) is 0 Å². The maximum absolute atomic E-state index is 13.1. The number of pyridine rings is 2. The second-order valence-corrected chi connectivity index (χ2v) is 6.60. The molecule has 6 heteroatoms. The molecule has 2 heterocycles. The predicted molar refractivity (Wildman–Crippen MR) is 112 cm³/mol. The summed E-state index contributed by atoms with van der Waals surface area (Å²) in [5.74, 6) is -0.488. The van der Waals surface area contributed by atoms with Crippen molar-refractivity contribution in [3.8, 4) is 0 Å². The summed E-state index contributed by atoms with van der Waals surface area (Å²) in [4.78, 5) is 41.8. The van der Waals surface area contributed by atoms with Crippen LogP contribution >= 0.6 is 0 Å². The van der Waals surface area contributed by atoms with Crippen molar-refractivity contribution in [1.82, 2.24) is 9.55 Å². The third-order valence-electron chi connectivity index (χ3n) is 4.73. The summed E-state index contributed by atoms with van der Waals surface area (Å²) in [6, 6.07) is 18.8. The Balaban J connectivity index is 1.91. The van der Waals surface area contributed by atoms with Crippen LogP contribution in [0.2, 0.25) is 0 Å². The summed E-state index contributed by atoms with van der Waals surface area (Å²) < 4.78 is 1.80. The Hall–Kier alpha value is -3.80. The van der Waals surface area contributed by atoms with Gasteiger partial charge in [0.05, 0.1) is 23.3 Å². The summed E-state index contributed by atoms with van der Waals surface area (Å²) in [7, 11) is 5.78. The zero-order valence-corrected chi connectivity index (χ0v) is 15.4. The minimum Gasteiger partial charge on any atom is -0.340 e. The van der Waals surface area contributed by atoms with Gasteiger partial charge >= 0.3 is 0 Å². The van der Waals surface area contributed by atoms with E-state index in [2.05, 4.69) is 4.98 Å². The van der Waals surface area contributed by atoms with Crippen LogP contribution in [0.25, 0.3) is 10.9 Å². The third-order valence-corrected chi connectivity index (χ3v) is 4.73. The summed E-state index contributed by atoms with van der Waals surface area (Å²) >= 11 is 0. The van der Waals surface area contributed by atoms with Crippen LogP contribution in [-0.4, -0.2) is 29.5 Å². The molecule has 0 fully saturated rings. The molecule has 0 saturated carbocycles. The van der Waals surface area contributed by atoms with Crippen LogP contribution in [0.5, 0.6) is 0 Å². The van der Waals surface area contributed by atoms with E-state index in [1.165, 1.54) is 6.20 Å². The van der Waals surface area contributed by atoms with Gasteiger partial charge in [-0.25, -0.2) is 0 Å². The van der Waals surface area contributed by atoms with Gasteiger partial charge in [0.2, 0.25) is 5.43 Å². The van der Waals surface area contributed by atoms with Gasteiger partial charge in [-0.3, -0.25) is 19.4 Å². The van der Waals surface area contributed by atoms with Crippen molar-refractivity contribution in [1.29, 1.82) is 0 Å². The summed E-state index contributed by atoms with van der Waals surface area (Å²) in [5.41, 5.74) is 1.85. The Bertz CT molecular complexity index is 1310. The van der Waals surface area contributed by atoms with Crippen molar-refractivity contribution in [3.05, 3.63) is 106 Å². The summed E-state index contributed by atoms with van der Waals surface area (Å²) in [6.45, 7) is 0.335. The summed E-state index contributed by atoms with van der Waals surface area (Å²) in [6.07, 6.45) is 2.14. The minimum atomic E-state index is -0.488. The number of ketones is 1. The lowest BCUT2D eigenvalue weighted by molar-refractivity contribution is 0.102. The molecule has 4 rings (SSSR count). The summed E-state index contributed by atoms with van der Waals surface area (Å²) in [5, 5.41) is 0.422. The van der Waals surface area contributed by atoms with E-state index in [0.717, 1.165) is 0 Å². The molecule has 29 heavy (non-hydrogen) atoms. The number of rotatable bonds is 5. The first kappa shape index (κ1) is 18.6. The normalized spacial score (nSPS) is 10.8. The number of carbonyl (C=O) groups is 2. The van der Waals surface area contributed by atoms with E-state index in [9.17, 15) is 14.4 Å². The molecule has 0 unspecified atom stereocenters. The number of aldehydes is 1. The standard InChI is InChI=1S/C23H15BN2O3/c24-21-11-5-7-16(25-21)12-26-13-19(23(29)18-9-3-4-10-20(18)26)22(28)17-8-2-1-6-15(17)14-27/h1-11,13-14H,12H2. The minimum absolute atomic E-state index is 0.00176. The average Bonchev–Trinajstić information content (AvgIpc) is 2.75. The van der Waals surface area contributed by atoms with Gasteiger partial charge in [0.15, 0.2) is 12.1 Å². The van der Waals surface area contributed by atoms with E-state index in [1.807, 2.05) is 18.2 Å². The number of hydrogen-bond donors (Lipinski definition) is 0. The van der Waals surface area contributed by atoms with E-state index in [1.54, 1.807) is 53.1 Å². The van der Waals surface area contributed by atoms with Gasteiger partial charge in [-0.15, -0.1) is 0 Å². The van der Waals surface area contributed by atoms with Crippen LogP contribution < -0.4 is 11.0 Å². The monoisotopic (exact) mass is 378 g/mol. The number of para-hydroxylation sites is 1. The van der Waals surface area contributed by atoms with E-state index in [-0.39, 0.29) is 22.1 Å². The number of carbonyl (C=O) groups excluding carboxylic acids is 2. The van der Waals surface area contributed by atoms with E-state index >= 15 is 0 Å². The topological polar surface area (TPSA) is 69.0 Å². The number of hydrogen-bond acceptors (Lipinski definition) is 4. The van der Waals surface area contributed by atoms with Gasteiger partial charge in [0, 0.05) is 22.7 Å². The second kappa shape index (κ2) is 7.68. The van der Waals surface area contributed by atoms with E-state index < -0.39 is 5.78 Å². The third kappa shape index (κ3) is 3.52. The number of fused-ring (bicyclic) bond motifs is 1. The molecule has 0 atom stereocenters. The molecular formula is C23H15BN2O3. The molecule has 0 bridgehead atoms. The molecule has 0 saturated heterocycles. The highest BCUT2D eigenvalue weighted by molar-refractivity contribution is 6.30. The fourth-order valence-corrected chi connectivity index (χ4v) is 3.35. The molecule has 0 aliphatic carbocycles. The van der Waals surface area contributed by atoms with Crippen LogP contribution in [-0.2, 0) is 6.54 Å². The van der Waals surface area contributed by atoms with Gasteiger partial charge in [0.1, 0.15) is 7.85 Å². The average molecular weight is 378 g/mol. The molecule has 138 valence electrons. The van der Waals surface area contributed by atoms with Crippen molar-refractivity contribution < 1.29 is 9.59 Å². The SMILES string of the molecule is [B]c1cccc(Cn2cc(C(=O)c3ccccc3C=O)c(=O)c3ccccc32)n1. The molecule has 0 N–H and O–H groups in total. The maximum atomic E-state index is 13.1. The fourth-order valence-electron chi connectivity index (χ4n) is 3.35. The highest BCUT2D eigenvalue weighted by Crippen LogP contribution is 2.17. The Morgan fingerprint density at radius 2 is 1.72 bits per heavy atom. The van der Waals surface area contributed by atoms with Gasteiger partial charge in [-0.1, -0.05) is 48.5 Å². The van der Waals surface area contributed by atoms with E-state index in [4.69, 9.17) is 7.85 Å². The molecule has 4 aromatic rings. The molecule has 0 amide bonds. The lowest BCUT2D eigenvalue weighted by atomic mass is 9.98. The van der Waals surface area contributed by atoms with Crippen LogP contribution in [0.15, 0.2) is 77.7 Å². The van der Waals surface area contributed by atoms with Crippen LogP contribution in [0, 0.1) is 0 Å². The smallest absolute Gasteiger partial charge is 0.200 e. The second-order valence-electron chi connectivity index (χ2n) is 6.60. The fraction of sp³-hybridized carbons (Fsp3) is 0.0435. The molecular weight excluding hydrogens is 363 g/mol. The molecule has 0 aliphatic rings. The molecule has 0 aliphatic heterocycles. The first-order chi connectivity index (χ1) is 14.1. The van der Waals surface area contributed by atoms with Crippen molar-refractivity contribution in [2.24, 2.45) is 0 Å². The number of nitrogens with zero attached hydrogens (tertiary/aromatic N) is 2. The van der Waals surface area contributed by atoms with Gasteiger partial charge in [-0.05, 0) is 23.8 Å². The Morgan fingerprint density at radius 1 is 0.966 bits per heavy atom. The van der Waals surface area contributed by atoms with Crippen molar-refractivity contribution >= 4 is 36.4 Å². The van der Waals surface area contributed by atoms with Gasteiger partial charge in [-0.2, -0.15) is 0 Å². The predicted octanol–water partition coefficient (Wildman–Crippen LogP) is 2.28. The zero-order valence-electron chi connectivity index (χ0n) is 15.4. The molecule has 2 aromatic heterocycles. The van der Waals surface area contributed by atoms with Crippen LogP contribution in [0.3, 0.4) is 0 Å². The molecule has 5 nitrogen and oxygen atoms in total. The maximum Gasteiger partial charge on any atom is 0.200 e. The Morgan fingerprint density at radius 3 is 2.52 bits per heavy atom. The largest absolute Gasteiger partial charge is 0.340 e. The highest BCUT2D eigenvalue weighted by Gasteiger charge is 2.19. The first-order valence-corrected chi connectivity index (χ1v) is 9.01. The van der Waals surface area contributed by atoms with Crippen molar-refractivity contribution in [2.45, 2.75) is 6.54 Å². The molecule has 2 radical (unpaired) electrons. The number of aromatic nitrogens is 2. The van der Waals surface area contributed by atoms with E-state index in [0.29, 0.717) is 35.0 Å². The Kier molecular flexibility index (Phi) is 4.91. The zero-order chi connectivity index (χ0) is 20.4. The van der Waals surface area contributed by atoms with Gasteiger partial charge < -0.3 is 4.57 Å². The Labute approximate surface area is 168 Å². The van der Waals surface area contributed by atoms with Crippen molar-refractivity contribution in [2.75, 3.05) is 0 Å². The van der Waals surface area contributed by atoms with Crippen LogP contribution in [0.4, 0.5) is 0 Å². The number of benzene rings is 2. The lowest BCUT2D eigenvalue weighted by Gasteiger charge is -2.14.